The van der Waals surface area contributed by atoms with Gasteiger partial charge in [0.1, 0.15) is 11.5 Å². The first-order chi connectivity index (χ1) is 8.21. The first kappa shape index (κ1) is 12.2. The van der Waals surface area contributed by atoms with E-state index in [1.54, 1.807) is 14.2 Å². The van der Waals surface area contributed by atoms with Gasteiger partial charge in [-0.15, -0.1) is 0 Å². The Kier molecular flexibility index (Phi) is 3.86. The minimum Gasteiger partial charge on any atom is -0.497 e. The van der Waals surface area contributed by atoms with Gasteiger partial charge in [-0.1, -0.05) is 0 Å². The molecule has 0 saturated carbocycles. The molecule has 1 heterocycles. The number of hydrogen-bond acceptors (Lipinski definition) is 4. The first-order valence-electron chi connectivity index (χ1n) is 5.83. The molecule has 0 aromatic heterocycles. The van der Waals surface area contributed by atoms with Crippen molar-refractivity contribution in [3.63, 3.8) is 0 Å². The third-order valence-corrected chi connectivity index (χ3v) is 3.06. The third kappa shape index (κ3) is 3.11. The topological polar surface area (TPSA) is 41.9 Å². The van der Waals surface area contributed by atoms with Crippen LogP contribution in [0.25, 0.3) is 0 Å². The number of β-amino-alcohol motifs (C(OH)–C–C–N with tert-alkyl or cyclic N) is 1. The summed E-state index contributed by atoms with van der Waals surface area (Å²) in [6, 6.07) is 5.88. The summed E-state index contributed by atoms with van der Waals surface area (Å²) in [7, 11) is 3.30. The highest BCUT2D eigenvalue weighted by atomic mass is 16.5. The van der Waals surface area contributed by atoms with Crippen molar-refractivity contribution in [2.75, 3.05) is 27.3 Å². The van der Waals surface area contributed by atoms with Crippen LogP contribution in [0.1, 0.15) is 12.0 Å². The highest BCUT2D eigenvalue weighted by Crippen LogP contribution is 2.24. The minimum atomic E-state index is -0.178. The van der Waals surface area contributed by atoms with Gasteiger partial charge in [-0.2, -0.15) is 0 Å². The van der Waals surface area contributed by atoms with Crippen LogP contribution in [-0.4, -0.2) is 43.4 Å². The molecule has 1 saturated heterocycles. The molecule has 0 bridgehead atoms. The number of nitrogens with zero attached hydrogens (tertiary/aromatic N) is 1. The highest BCUT2D eigenvalue weighted by molar-refractivity contribution is 5.38. The monoisotopic (exact) mass is 237 g/mol. The molecule has 1 N–H and O–H groups in total. The van der Waals surface area contributed by atoms with Crippen LogP contribution in [0.5, 0.6) is 11.5 Å². The van der Waals surface area contributed by atoms with Crippen molar-refractivity contribution in [1.29, 1.82) is 0 Å². The fourth-order valence-electron chi connectivity index (χ4n) is 2.17. The van der Waals surface area contributed by atoms with Gasteiger partial charge >= 0.3 is 0 Å². The van der Waals surface area contributed by atoms with Crippen molar-refractivity contribution in [3.8, 4) is 11.5 Å². The number of ether oxygens (including phenoxy) is 2. The summed E-state index contributed by atoms with van der Waals surface area (Å²) in [5.74, 6) is 1.61. The van der Waals surface area contributed by atoms with Gasteiger partial charge in [0.15, 0.2) is 0 Å². The zero-order valence-electron chi connectivity index (χ0n) is 10.3. The van der Waals surface area contributed by atoms with E-state index < -0.39 is 0 Å². The lowest BCUT2D eigenvalue weighted by atomic mass is 10.2. The second-order valence-electron chi connectivity index (χ2n) is 4.40. The predicted molar refractivity (Wildman–Crippen MR) is 65.4 cm³/mol. The van der Waals surface area contributed by atoms with Gasteiger partial charge in [-0.05, 0) is 24.1 Å². The maximum Gasteiger partial charge on any atom is 0.122 e. The maximum absolute atomic E-state index is 9.49. The van der Waals surface area contributed by atoms with E-state index in [1.807, 2.05) is 18.2 Å². The molecule has 0 radical (unpaired) electrons. The van der Waals surface area contributed by atoms with Gasteiger partial charge in [0, 0.05) is 25.7 Å². The number of aliphatic hydroxyl groups excluding tert-OH is 1. The van der Waals surface area contributed by atoms with E-state index in [9.17, 15) is 5.11 Å². The molecule has 1 aliphatic heterocycles. The lowest BCUT2D eigenvalue weighted by Gasteiger charge is -2.16. The van der Waals surface area contributed by atoms with Crippen LogP contribution in [0.3, 0.4) is 0 Å². The van der Waals surface area contributed by atoms with Crippen molar-refractivity contribution in [1.82, 2.24) is 4.90 Å². The zero-order chi connectivity index (χ0) is 12.3. The van der Waals surface area contributed by atoms with Gasteiger partial charge in [-0.3, -0.25) is 4.90 Å². The average Bonchev–Trinajstić information content (AvgIpc) is 2.74. The Morgan fingerprint density at radius 1 is 1.24 bits per heavy atom. The second kappa shape index (κ2) is 5.38. The molecule has 1 atom stereocenters. The standard InChI is InChI=1S/C13H19NO3/c1-16-12-5-10(6-13(7-12)17-2)8-14-4-3-11(15)9-14/h5-7,11,15H,3-4,8-9H2,1-2H3. The molecule has 0 amide bonds. The molecule has 1 unspecified atom stereocenters. The normalized spacial score (nSPS) is 20.5. The molecule has 1 aromatic rings. The van der Waals surface area contributed by atoms with Crippen molar-refractivity contribution >= 4 is 0 Å². The molecule has 0 spiro atoms. The molecule has 2 rings (SSSR count). The summed E-state index contributed by atoms with van der Waals surface area (Å²) in [4.78, 5) is 2.24. The lowest BCUT2D eigenvalue weighted by Crippen LogP contribution is -2.21. The Morgan fingerprint density at radius 2 is 1.88 bits per heavy atom. The van der Waals surface area contributed by atoms with E-state index >= 15 is 0 Å². The van der Waals surface area contributed by atoms with Crippen LogP contribution >= 0.6 is 0 Å². The summed E-state index contributed by atoms with van der Waals surface area (Å²) >= 11 is 0. The molecule has 4 nitrogen and oxygen atoms in total. The quantitative estimate of drug-likeness (QED) is 0.856. The smallest absolute Gasteiger partial charge is 0.122 e. The van der Waals surface area contributed by atoms with Gasteiger partial charge in [0.2, 0.25) is 0 Å². The highest BCUT2D eigenvalue weighted by Gasteiger charge is 2.20. The minimum absolute atomic E-state index is 0.178. The summed E-state index contributed by atoms with van der Waals surface area (Å²) in [5, 5.41) is 9.49. The van der Waals surface area contributed by atoms with E-state index in [-0.39, 0.29) is 6.10 Å². The van der Waals surface area contributed by atoms with Crippen molar-refractivity contribution in [2.45, 2.75) is 19.1 Å². The van der Waals surface area contributed by atoms with Crippen LogP contribution in [-0.2, 0) is 6.54 Å². The number of aliphatic hydroxyl groups is 1. The number of benzene rings is 1. The molecule has 1 aromatic carbocycles. The largest absolute Gasteiger partial charge is 0.497 e. The Bertz CT molecular complexity index is 359. The van der Waals surface area contributed by atoms with E-state index in [1.165, 1.54) is 0 Å². The fourth-order valence-corrected chi connectivity index (χ4v) is 2.17. The summed E-state index contributed by atoms with van der Waals surface area (Å²) < 4.78 is 10.5. The first-order valence-corrected chi connectivity index (χ1v) is 5.83. The Morgan fingerprint density at radius 3 is 2.35 bits per heavy atom. The van der Waals surface area contributed by atoms with E-state index in [0.717, 1.165) is 43.1 Å². The van der Waals surface area contributed by atoms with Crippen molar-refractivity contribution in [2.24, 2.45) is 0 Å². The maximum atomic E-state index is 9.49. The van der Waals surface area contributed by atoms with Crippen LogP contribution in [0.2, 0.25) is 0 Å². The third-order valence-electron chi connectivity index (χ3n) is 3.06. The van der Waals surface area contributed by atoms with E-state index in [4.69, 9.17) is 9.47 Å². The molecule has 4 heteroatoms. The van der Waals surface area contributed by atoms with Crippen LogP contribution in [0.15, 0.2) is 18.2 Å². The predicted octanol–water partition coefficient (Wildman–Crippen LogP) is 1.27. The Hall–Kier alpha value is -1.26. The van der Waals surface area contributed by atoms with Gasteiger partial charge in [0.25, 0.3) is 0 Å². The van der Waals surface area contributed by atoms with E-state index in [0.29, 0.717) is 0 Å². The Balaban J connectivity index is 2.09. The van der Waals surface area contributed by atoms with E-state index in [2.05, 4.69) is 4.90 Å². The van der Waals surface area contributed by atoms with Crippen LogP contribution in [0, 0.1) is 0 Å². The molecule has 1 fully saturated rings. The average molecular weight is 237 g/mol. The van der Waals surface area contributed by atoms with Gasteiger partial charge in [0.05, 0.1) is 20.3 Å². The molecule has 0 aliphatic carbocycles. The summed E-state index contributed by atoms with van der Waals surface area (Å²) in [6.45, 7) is 2.52. The molecule has 17 heavy (non-hydrogen) atoms. The lowest BCUT2D eigenvalue weighted by molar-refractivity contribution is 0.174. The van der Waals surface area contributed by atoms with Gasteiger partial charge < -0.3 is 14.6 Å². The molecular formula is C13H19NO3. The summed E-state index contributed by atoms with van der Waals surface area (Å²) in [5.41, 5.74) is 1.15. The number of hydrogen-bond donors (Lipinski definition) is 1. The van der Waals surface area contributed by atoms with Crippen LogP contribution in [0.4, 0.5) is 0 Å². The molecule has 94 valence electrons. The number of likely N-dealkylation sites (tertiary alicyclic amines) is 1. The Labute approximate surface area is 102 Å². The van der Waals surface area contributed by atoms with Crippen molar-refractivity contribution < 1.29 is 14.6 Å². The summed E-state index contributed by atoms with van der Waals surface area (Å²) in [6.07, 6.45) is 0.684. The fraction of sp³-hybridized carbons (Fsp3) is 0.538. The van der Waals surface area contributed by atoms with Crippen molar-refractivity contribution in [3.05, 3.63) is 23.8 Å². The molecular weight excluding hydrogens is 218 g/mol. The number of methoxy groups -OCH3 is 2. The van der Waals surface area contributed by atoms with Crippen LogP contribution < -0.4 is 9.47 Å². The zero-order valence-corrected chi connectivity index (χ0v) is 10.3. The van der Waals surface area contributed by atoms with Gasteiger partial charge in [-0.25, -0.2) is 0 Å². The second-order valence-corrected chi connectivity index (χ2v) is 4.40. The number of rotatable bonds is 4. The SMILES string of the molecule is COc1cc(CN2CCC(O)C2)cc(OC)c1. The molecule has 1 aliphatic rings.